The number of methoxy groups -OCH3 is 1. The summed E-state index contributed by atoms with van der Waals surface area (Å²) in [5.74, 6) is 0.981. The van der Waals surface area contributed by atoms with E-state index in [1.165, 1.54) is 0 Å². The number of hydrogen-bond acceptors (Lipinski definition) is 4. The van der Waals surface area contributed by atoms with Crippen molar-refractivity contribution in [2.75, 3.05) is 7.11 Å². The number of ether oxygens (including phenoxy) is 1. The Morgan fingerprint density at radius 1 is 1.47 bits per heavy atom. The lowest BCUT2D eigenvalue weighted by molar-refractivity contribution is -0.114. The maximum Gasteiger partial charge on any atom is 0.123 e. The molecule has 0 aliphatic heterocycles. The zero-order valence-electron chi connectivity index (χ0n) is 10.7. The van der Waals surface area contributed by atoms with Crippen LogP contribution in [0, 0.1) is 5.92 Å². The summed E-state index contributed by atoms with van der Waals surface area (Å²) in [6.45, 7) is 0. The Morgan fingerprint density at radius 3 is 3.05 bits per heavy atom. The van der Waals surface area contributed by atoms with Crippen LogP contribution in [-0.4, -0.2) is 28.2 Å². The smallest absolute Gasteiger partial charge is 0.123 e. The second-order valence-electron chi connectivity index (χ2n) is 4.81. The quantitative estimate of drug-likeness (QED) is 0.787. The largest absolute Gasteiger partial charge is 0.497 e. The molecule has 5 nitrogen and oxygen atoms in total. The second-order valence-corrected chi connectivity index (χ2v) is 4.81. The third-order valence-corrected chi connectivity index (χ3v) is 3.58. The first-order chi connectivity index (χ1) is 9.30. The molecule has 0 spiro atoms. The number of carbonyl (C=O) groups excluding carboxylic acids is 1. The topological polar surface area (TPSA) is 57.0 Å². The summed E-state index contributed by atoms with van der Waals surface area (Å²) in [6, 6.07) is 4.04. The molecule has 2 aromatic heterocycles. The molecule has 0 unspecified atom stereocenters. The monoisotopic (exact) mass is 257 g/mol. The van der Waals surface area contributed by atoms with Gasteiger partial charge in [-0.1, -0.05) is 0 Å². The van der Waals surface area contributed by atoms with Gasteiger partial charge in [0.05, 0.1) is 25.0 Å². The Labute approximate surface area is 111 Å². The molecular formula is C14H15N3O2. The first kappa shape index (κ1) is 11.9. The molecule has 3 rings (SSSR count). The summed E-state index contributed by atoms with van der Waals surface area (Å²) < 4.78 is 7.11. The molecule has 98 valence electrons. The Bertz CT molecular complexity index is 588. The van der Waals surface area contributed by atoms with Crippen LogP contribution in [0.15, 0.2) is 30.7 Å². The first-order valence-corrected chi connectivity index (χ1v) is 6.30. The lowest BCUT2D eigenvalue weighted by Crippen LogP contribution is -2.27. The molecular weight excluding hydrogens is 242 g/mol. The molecule has 5 heteroatoms. The van der Waals surface area contributed by atoms with Gasteiger partial charge in [0.25, 0.3) is 0 Å². The zero-order chi connectivity index (χ0) is 13.2. The molecule has 0 atom stereocenters. The van der Waals surface area contributed by atoms with Crippen LogP contribution in [0.25, 0.3) is 11.3 Å². The Balaban J connectivity index is 1.79. The second kappa shape index (κ2) is 4.84. The molecule has 2 aromatic rings. The van der Waals surface area contributed by atoms with Gasteiger partial charge in [-0.25, -0.2) is 0 Å². The highest BCUT2D eigenvalue weighted by Gasteiger charge is 2.30. The van der Waals surface area contributed by atoms with E-state index in [2.05, 4.69) is 10.1 Å². The van der Waals surface area contributed by atoms with Crippen molar-refractivity contribution in [3.63, 3.8) is 0 Å². The minimum Gasteiger partial charge on any atom is -0.497 e. The van der Waals surface area contributed by atoms with E-state index in [4.69, 9.17) is 4.74 Å². The Morgan fingerprint density at radius 2 is 2.32 bits per heavy atom. The van der Waals surface area contributed by atoms with Crippen LogP contribution in [-0.2, 0) is 4.79 Å². The summed E-state index contributed by atoms with van der Waals surface area (Å²) in [6.07, 6.45) is 8.30. The van der Waals surface area contributed by atoms with Crippen molar-refractivity contribution < 1.29 is 9.53 Å². The van der Waals surface area contributed by atoms with Crippen molar-refractivity contribution in [3.05, 3.63) is 30.7 Å². The highest BCUT2D eigenvalue weighted by molar-refractivity contribution is 5.59. The summed E-state index contributed by atoms with van der Waals surface area (Å²) in [4.78, 5) is 14.9. The number of aromatic nitrogens is 3. The molecule has 0 aromatic carbocycles. The predicted molar refractivity (Wildman–Crippen MR) is 69.8 cm³/mol. The first-order valence-electron chi connectivity index (χ1n) is 6.30. The summed E-state index contributed by atoms with van der Waals surface area (Å²) >= 11 is 0. The van der Waals surface area contributed by atoms with E-state index < -0.39 is 0 Å². The number of pyridine rings is 1. The number of aldehydes is 1. The van der Waals surface area contributed by atoms with Crippen molar-refractivity contribution in [2.45, 2.75) is 18.9 Å². The molecule has 0 radical (unpaired) electrons. The average Bonchev–Trinajstić information content (AvgIpc) is 2.87. The van der Waals surface area contributed by atoms with Crippen molar-refractivity contribution in [1.82, 2.24) is 14.8 Å². The summed E-state index contributed by atoms with van der Waals surface area (Å²) in [5.41, 5.74) is 1.81. The van der Waals surface area contributed by atoms with Gasteiger partial charge in [0.15, 0.2) is 0 Å². The van der Waals surface area contributed by atoms with Crippen molar-refractivity contribution in [1.29, 1.82) is 0 Å². The fraction of sp³-hybridized carbons (Fsp3) is 0.357. The van der Waals surface area contributed by atoms with Gasteiger partial charge < -0.3 is 9.53 Å². The third-order valence-electron chi connectivity index (χ3n) is 3.58. The van der Waals surface area contributed by atoms with Crippen molar-refractivity contribution in [2.24, 2.45) is 5.92 Å². The SMILES string of the molecule is COc1ccnc(-c2cnn(C3CC(C=O)C3)c2)c1. The van der Waals surface area contributed by atoms with E-state index >= 15 is 0 Å². The number of carbonyl (C=O) groups is 1. The fourth-order valence-corrected chi connectivity index (χ4v) is 2.32. The van der Waals surface area contributed by atoms with Gasteiger partial charge in [-0.05, 0) is 18.9 Å². The average molecular weight is 257 g/mol. The Kier molecular flexibility index (Phi) is 3.03. The molecule has 1 fully saturated rings. The highest BCUT2D eigenvalue weighted by atomic mass is 16.5. The highest BCUT2D eigenvalue weighted by Crippen LogP contribution is 2.36. The molecule has 19 heavy (non-hydrogen) atoms. The maximum atomic E-state index is 10.6. The lowest BCUT2D eigenvalue weighted by Gasteiger charge is -2.31. The standard InChI is InChI=1S/C14H15N3O2/c1-19-13-2-3-15-14(6-13)11-7-16-17(8-11)12-4-10(5-12)9-18/h2-3,6-10,12H,4-5H2,1H3. The van der Waals surface area contributed by atoms with Gasteiger partial charge in [-0.3, -0.25) is 9.67 Å². The zero-order valence-corrected chi connectivity index (χ0v) is 10.7. The van der Waals surface area contributed by atoms with Crippen molar-refractivity contribution in [3.8, 4) is 17.0 Å². The van der Waals surface area contributed by atoms with Gasteiger partial charge in [0, 0.05) is 29.9 Å². The van der Waals surface area contributed by atoms with Gasteiger partial charge in [-0.2, -0.15) is 5.10 Å². The number of rotatable bonds is 4. The van der Waals surface area contributed by atoms with Crippen LogP contribution < -0.4 is 4.74 Å². The van der Waals surface area contributed by atoms with E-state index in [1.54, 1.807) is 19.5 Å². The van der Waals surface area contributed by atoms with Crippen LogP contribution in [0.4, 0.5) is 0 Å². The fourth-order valence-electron chi connectivity index (χ4n) is 2.32. The lowest BCUT2D eigenvalue weighted by atomic mass is 9.81. The van der Waals surface area contributed by atoms with Gasteiger partial charge in [0.1, 0.15) is 12.0 Å². The van der Waals surface area contributed by atoms with E-state index in [0.717, 1.165) is 36.1 Å². The minimum absolute atomic E-state index is 0.201. The summed E-state index contributed by atoms with van der Waals surface area (Å²) in [7, 11) is 1.64. The van der Waals surface area contributed by atoms with Crippen LogP contribution in [0.1, 0.15) is 18.9 Å². The van der Waals surface area contributed by atoms with Gasteiger partial charge in [0.2, 0.25) is 0 Å². The number of nitrogens with zero attached hydrogens (tertiary/aromatic N) is 3. The minimum atomic E-state index is 0.201. The molecule has 0 bridgehead atoms. The molecule has 2 heterocycles. The van der Waals surface area contributed by atoms with E-state index in [9.17, 15) is 4.79 Å². The maximum absolute atomic E-state index is 10.6. The van der Waals surface area contributed by atoms with Crippen molar-refractivity contribution >= 4 is 6.29 Å². The predicted octanol–water partition coefficient (Wildman–Crippen LogP) is 2.10. The molecule has 1 aliphatic carbocycles. The van der Waals surface area contributed by atoms with Crippen LogP contribution in [0.5, 0.6) is 5.75 Å². The molecule has 0 N–H and O–H groups in total. The van der Waals surface area contributed by atoms with Crippen LogP contribution >= 0.6 is 0 Å². The van der Waals surface area contributed by atoms with E-state index in [0.29, 0.717) is 6.04 Å². The molecule has 1 saturated carbocycles. The molecule has 0 amide bonds. The van der Waals surface area contributed by atoms with Crippen LogP contribution in [0.2, 0.25) is 0 Å². The van der Waals surface area contributed by atoms with Crippen LogP contribution in [0.3, 0.4) is 0 Å². The Hall–Kier alpha value is -2.17. The van der Waals surface area contributed by atoms with E-state index in [-0.39, 0.29) is 5.92 Å². The third kappa shape index (κ3) is 2.23. The normalized spacial score (nSPS) is 21.7. The summed E-state index contributed by atoms with van der Waals surface area (Å²) in [5, 5.41) is 4.36. The van der Waals surface area contributed by atoms with Gasteiger partial charge >= 0.3 is 0 Å². The molecule has 1 aliphatic rings. The van der Waals surface area contributed by atoms with E-state index in [1.807, 2.05) is 23.0 Å². The molecule has 0 saturated heterocycles. The van der Waals surface area contributed by atoms with Gasteiger partial charge in [-0.15, -0.1) is 0 Å². The number of hydrogen-bond donors (Lipinski definition) is 0.